The summed E-state index contributed by atoms with van der Waals surface area (Å²) in [6, 6.07) is 17.3. The van der Waals surface area contributed by atoms with Crippen LogP contribution in [0.1, 0.15) is 16.1 Å². The molecule has 0 atom stereocenters. The Kier molecular flexibility index (Phi) is 4.30. The zero-order valence-corrected chi connectivity index (χ0v) is 14.5. The highest BCUT2D eigenvalue weighted by atomic mass is 79.9. The predicted molar refractivity (Wildman–Crippen MR) is 95.5 cm³/mol. The van der Waals surface area contributed by atoms with Gasteiger partial charge in [0.05, 0.1) is 5.69 Å². The molecule has 0 unspecified atom stereocenters. The average molecular weight is 370 g/mol. The Morgan fingerprint density at radius 2 is 1.74 bits per heavy atom. The molecule has 0 saturated carbocycles. The van der Waals surface area contributed by atoms with Crippen molar-refractivity contribution in [2.75, 3.05) is 5.32 Å². The van der Waals surface area contributed by atoms with Gasteiger partial charge in [-0.15, -0.1) is 0 Å². The number of aryl methyl sites for hydroxylation is 2. The summed E-state index contributed by atoms with van der Waals surface area (Å²) in [7, 11) is 1.77. The highest BCUT2D eigenvalue weighted by Crippen LogP contribution is 2.22. The third-order valence-corrected chi connectivity index (χ3v) is 4.09. The predicted octanol–water partition coefficient (Wildman–Crippen LogP) is 4.41. The van der Waals surface area contributed by atoms with Crippen molar-refractivity contribution in [1.82, 2.24) is 9.78 Å². The first-order chi connectivity index (χ1) is 11.0. The maximum atomic E-state index is 12.4. The SMILES string of the molecule is Cc1ccc(NC(=O)c2cc(-c3ccc(Br)cc3)nn2C)cc1. The van der Waals surface area contributed by atoms with Crippen LogP contribution in [0.4, 0.5) is 5.69 Å². The van der Waals surface area contributed by atoms with Crippen molar-refractivity contribution in [1.29, 1.82) is 0 Å². The van der Waals surface area contributed by atoms with Gasteiger partial charge in [0.15, 0.2) is 0 Å². The van der Waals surface area contributed by atoms with E-state index in [1.54, 1.807) is 17.8 Å². The van der Waals surface area contributed by atoms with Crippen LogP contribution < -0.4 is 5.32 Å². The summed E-state index contributed by atoms with van der Waals surface area (Å²) in [4.78, 5) is 12.4. The lowest BCUT2D eigenvalue weighted by molar-refractivity contribution is 0.101. The zero-order chi connectivity index (χ0) is 16.4. The van der Waals surface area contributed by atoms with E-state index in [4.69, 9.17) is 0 Å². The number of hydrogen-bond acceptors (Lipinski definition) is 2. The lowest BCUT2D eigenvalue weighted by Crippen LogP contribution is -2.15. The lowest BCUT2D eigenvalue weighted by atomic mass is 10.1. The molecule has 23 heavy (non-hydrogen) atoms. The summed E-state index contributed by atoms with van der Waals surface area (Å²) < 4.78 is 2.61. The number of nitrogens with zero attached hydrogens (tertiary/aromatic N) is 2. The van der Waals surface area contributed by atoms with E-state index in [1.807, 2.05) is 55.5 Å². The van der Waals surface area contributed by atoms with E-state index < -0.39 is 0 Å². The lowest BCUT2D eigenvalue weighted by Gasteiger charge is -2.05. The molecule has 1 N–H and O–H groups in total. The van der Waals surface area contributed by atoms with Gasteiger partial charge >= 0.3 is 0 Å². The fourth-order valence-electron chi connectivity index (χ4n) is 2.27. The molecule has 3 aromatic rings. The molecule has 0 aliphatic carbocycles. The number of amides is 1. The number of carbonyl (C=O) groups is 1. The fraction of sp³-hybridized carbons (Fsp3) is 0.111. The van der Waals surface area contributed by atoms with Crippen molar-refractivity contribution in [2.45, 2.75) is 6.92 Å². The molecule has 3 rings (SSSR count). The standard InChI is InChI=1S/C18H16BrN3O/c1-12-3-9-15(10-4-12)20-18(23)17-11-16(21-22(17)2)13-5-7-14(19)8-6-13/h3-11H,1-2H3,(H,20,23). The highest BCUT2D eigenvalue weighted by Gasteiger charge is 2.14. The largest absolute Gasteiger partial charge is 0.321 e. The van der Waals surface area contributed by atoms with Gasteiger partial charge < -0.3 is 5.32 Å². The summed E-state index contributed by atoms with van der Waals surface area (Å²) in [5.74, 6) is -0.174. The zero-order valence-electron chi connectivity index (χ0n) is 12.9. The molecule has 0 saturated heterocycles. The Bertz CT molecular complexity index is 836. The molecule has 0 fully saturated rings. The van der Waals surface area contributed by atoms with Crippen LogP contribution in [-0.2, 0) is 7.05 Å². The average Bonchev–Trinajstić information content (AvgIpc) is 2.92. The Hall–Kier alpha value is -2.40. The number of benzene rings is 2. The van der Waals surface area contributed by atoms with Gasteiger partial charge in [0.1, 0.15) is 5.69 Å². The second kappa shape index (κ2) is 6.38. The van der Waals surface area contributed by atoms with E-state index in [0.717, 1.165) is 27.0 Å². The van der Waals surface area contributed by atoms with Gasteiger partial charge in [0.2, 0.25) is 0 Å². The van der Waals surface area contributed by atoms with Crippen LogP contribution in [0.25, 0.3) is 11.3 Å². The van der Waals surface area contributed by atoms with E-state index in [-0.39, 0.29) is 5.91 Å². The molecule has 2 aromatic carbocycles. The molecule has 1 aromatic heterocycles. The van der Waals surface area contributed by atoms with Gasteiger partial charge in [-0.25, -0.2) is 0 Å². The second-order valence-electron chi connectivity index (χ2n) is 5.37. The number of carbonyl (C=O) groups excluding carboxylic acids is 1. The number of anilines is 1. The quantitative estimate of drug-likeness (QED) is 0.742. The van der Waals surface area contributed by atoms with Crippen molar-refractivity contribution in [3.05, 3.63) is 70.3 Å². The minimum Gasteiger partial charge on any atom is -0.321 e. The van der Waals surface area contributed by atoms with Gasteiger partial charge in [-0.05, 0) is 37.3 Å². The second-order valence-corrected chi connectivity index (χ2v) is 6.28. The first kappa shape index (κ1) is 15.5. The number of hydrogen-bond donors (Lipinski definition) is 1. The van der Waals surface area contributed by atoms with E-state index in [1.165, 1.54) is 0 Å². The summed E-state index contributed by atoms with van der Waals surface area (Å²) in [6.07, 6.45) is 0. The molecule has 1 heterocycles. The molecular weight excluding hydrogens is 354 g/mol. The minimum absolute atomic E-state index is 0.174. The van der Waals surface area contributed by atoms with Gasteiger partial charge in [-0.1, -0.05) is 45.8 Å². The van der Waals surface area contributed by atoms with Crippen molar-refractivity contribution in [2.24, 2.45) is 7.05 Å². The van der Waals surface area contributed by atoms with Crippen molar-refractivity contribution in [3.63, 3.8) is 0 Å². The Balaban J connectivity index is 1.84. The van der Waals surface area contributed by atoms with Crippen LogP contribution in [0.5, 0.6) is 0 Å². The molecule has 0 aliphatic rings. The maximum Gasteiger partial charge on any atom is 0.273 e. The monoisotopic (exact) mass is 369 g/mol. The smallest absolute Gasteiger partial charge is 0.273 e. The van der Waals surface area contributed by atoms with Crippen LogP contribution in [0, 0.1) is 6.92 Å². The summed E-state index contributed by atoms with van der Waals surface area (Å²) in [5, 5.41) is 7.32. The topological polar surface area (TPSA) is 46.9 Å². The molecule has 0 spiro atoms. The van der Waals surface area contributed by atoms with Gasteiger partial charge in [0.25, 0.3) is 5.91 Å². The summed E-state index contributed by atoms with van der Waals surface area (Å²) in [5.41, 5.74) is 4.18. The van der Waals surface area contributed by atoms with Crippen LogP contribution in [-0.4, -0.2) is 15.7 Å². The van der Waals surface area contributed by atoms with E-state index in [2.05, 4.69) is 26.3 Å². The normalized spacial score (nSPS) is 10.6. The first-order valence-corrected chi connectivity index (χ1v) is 8.00. The Labute approximate surface area is 143 Å². The molecule has 5 heteroatoms. The third-order valence-electron chi connectivity index (χ3n) is 3.56. The van der Waals surface area contributed by atoms with E-state index in [9.17, 15) is 4.79 Å². The molecule has 1 amide bonds. The van der Waals surface area contributed by atoms with Crippen LogP contribution in [0.3, 0.4) is 0 Å². The van der Waals surface area contributed by atoms with E-state index >= 15 is 0 Å². The van der Waals surface area contributed by atoms with E-state index in [0.29, 0.717) is 5.69 Å². The molecule has 0 bridgehead atoms. The number of halogens is 1. The Morgan fingerprint density at radius 3 is 2.39 bits per heavy atom. The summed E-state index contributed by atoms with van der Waals surface area (Å²) in [6.45, 7) is 2.01. The van der Waals surface area contributed by atoms with Crippen molar-refractivity contribution < 1.29 is 4.79 Å². The van der Waals surface area contributed by atoms with Gasteiger partial charge in [0, 0.05) is 22.8 Å². The molecular formula is C18H16BrN3O. The number of aromatic nitrogens is 2. The highest BCUT2D eigenvalue weighted by molar-refractivity contribution is 9.10. The molecule has 0 aliphatic heterocycles. The fourth-order valence-corrected chi connectivity index (χ4v) is 2.54. The maximum absolute atomic E-state index is 12.4. The summed E-state index contributed by atoms with van der Waals surface area (Å²) >= 11 is 3.41. The first-order valence-electron chi connectivity index (χ1n) is 7.21. The van der Waals surface area contributed by atoms with Crippen LogP contribution in [0.2, 0.25) is 0 Å². The number of nitrogens with one attached hydrogen (secondary N) is 1. The van der Waals surface area contributed by atoms with Gasteiger partial charge in [-0.3, -0.25) is 9.48 Å². The number of rotatable bonds is 3. The van der Waals surface area contributed by atoms with Crippen LogP contribution in [0.15, 0.2) is 59.1 Å². The van der Waals surface area contributed by atoms with Gasteiger partial charge in [-0.2, -0.15) is 5.10 Å². The molecule has 0 radical (unpaired) electrons. The van der Waals surface area contributed by atoms with Crippen LogP contribution >= 0.6 is 15.9 Å². The third kappa shape index (κ3) is 3.51. The van der Waals surface area contributed by atoms with Crippen molar-refractivity contribution >= 4 is 27.5 Å². The Morgan fingerprint density at radius 1 is 1.09 bits per heavy atom. The van der Waals surface area contributed by atoms with Crippen molar-refractivity contribution in [3.8, 4) is 11.3 Å². The molecule has 116 valence electrons. The molecule has 4 nitrogen and oxygen atoms in total. The minimum atomic E-state index is -0.174.